The van der Waals surface area contributed by atoms with Gasteiger partial charge in [-0.25, -0.2) is 0 Å². The fourth-order valence-electron chi connectivity index (χ4n) is 2.35. The molecule has 2 aromatic rings. The Labute approximate surface area is 130 Å². The van der Waals surface area contributed by atoms with Gasteiger partial charge >= 0.3 is 0 Å². The molecule has 1 N–H and O–H groups in total. The first-order valence-corrected chi connectivity index (χ1v) is 8.03. The molecule has 0 amide bonds. The SMILES string of the molecule is CCCC(NCc1ccc(C)c(Br)c1)c1ccccc1. The molecule has 106 valence electrons. The predicted octanol–water partition coefficient (Wildman–Crippen LogP) is 5.39. The van der Waals surface area contributed by atoms with E-state index >= 15 is 0 Å². The first kappa shape index (κ1) is 15.3. The van der Waals surface area contributed by atoms with E-state index in [9.17, 15) is 0 Å². The molecule has 0 aliphatic heterocycles. The van der Waals surface area contributed by atoms with Gasteiger partial charge in [-0.15, -0.1) is 0 Å². The van der Waals surface area contributed by atoms with Crippen LogP contribution in [0.25, 0.3) is 0 Å². The molecule has 0 aliphatic rings. The van der Waals surface area contributed by atoms with Crippen molar-refractivity contribution >= 4 is 15.9 Å². The van der Waals surface area contributed by atoms with E-state index in [2.05, 4.69) is 83.6 Å². The van der Waals surface area contributed by atoms with Crippen LogP contribution in [-0.2, 0) is 6.54 Å². The predicted molar refractivity (Wildman–Crippen MR) is 89.8 cm³/mol. The Bertz CT molecular complexity index is 536. The molecule has 2 heteroatoms. The summed E-state index contributed by atoms with van der Waals surface area (Å²) in [4.78, 5) is 0. The molecule has 0 aromatic heterocycles. The van der Waals surface area contributed by atoms with Crippen LogP contribution >= 0.6 is 15.9 Å². The molecule has 1 atom stereocenters. The van der Waals surface area contributed by atoms with Crippen molar-refractivity contribution in [2.75, 3.05) is 0 Å². The molecular formula is C18H22BrN. The quantitative estimate of drug-likeness (QED) is 0.748. The Morgan fingerprint density at radius 3 is 2.50 bits per heavy atom. The van der Waals surface area contributed by atoms with Gasteiger partial charge in [0.1, 0.15) is 0 Å². The third kappa shape index (κ3) is 4.19. The van der Waals surface area contributed by atoms with Gasteiger partial charge < -0.3 is 5.32 Å². The highest BCUT2D eigenvalue weighted by Crippen LogP contribution is 2.21. The van der Waals surface area contributed by atoms with Gasteiger partial charge in [-0.05, 0) is 36.1 Å². The molecule has 2 aromatic carbocycles. The van der Waals surface area contributed by atoms with E-state index in [1.165, 1.54) is 27.6 Å². The fraction of sp³-hybridized carbons (Fsp3) is 0.333. The minimum atomic E-state index is 0.432. The second-order valence-corrected chi connectivity index (χ2v) is 6.07. The molecule has 0 radical (unpaired) electrons. The smallest absolute Gasteiger partial charge is 0.0323 e. The summed E-state index contributed by atoms with van der Waals surface area (Å²) in [5.41, 5.74) is 3.97. The summed E-state index contributed by atoms with van der Waals surface area (Å²) >= 11 is 3.60. The molecule has 0 aliphatic carbocycles. The molecule has 1 unspecified atom stereocenters. The van der Waals surface area contributed by atoms with Crippen molar-refractivity contribution in [3.8, 4) is 0 Å². The summed E-state index contributed by atoms with van der Waals surface area (Å²) in [7, 11) is 0. The zero-order valence-electron chi connectivity index (χ0n) is 12.2. The van der Waals surface area contributed by atoms with Crippen LogP contribution in [0.1, 0.15) is 42.5 Å². The van der Waals surface area contributed by atoms with Crippen LogP contribution in [0.5, 0.6) is 0 Å². The molecule has 0 fully saturated rings. The van der Waals surface area contributed by atoms with Crippen LogP contribution < -0.4 is 5.32 Å². The van der Waals surface area contributed by atoms with Crippen LogP contribution in [0, 0.1) is 6.92 Å². The van der Waals surface area contributed by atoms with Gasteiger partial charge in [-0.3, -0.25) is 0 Å². The minimum absolute atomic E-state index is 0.432. The number of hydrogen-bond donors (Lipinski definition) is 1. The highest BCUT2D eigenvalue weighted by molar-refractivity contribution is 9.10. The van der Waals surface area contributed by atoms with Crippen LogP contribution in [0.3, 0.4) is 0 Å². The zero-order chi connectivity index (χ0) is 14.4. The summed E-state index contributed by atoms with van der Waals surface area (Å²) in [5, 5.41) is 3.68. The number of hydrogen-bond acceptors (Lipinski definition) is 1. The van der Waals surface area contributed by atoms with Gasteiger partial charge in [0.25, 0.3) is 0 Å². The van der Waals surface area contributed by atoms with Gasteiger partial charge in [0, 0.05) is 17.1 Å². The standard InChI is InChI=1S/C18H22BrN/c1-3-7-18(16-8-5-4-6-9-16)20-13-15-11-10-14(2)17(19)12-15/h4-6,8-12,18,20H,3,7,13H2,1-2H3. The Morgan fingerprint density at radius 1 is 1.10 bits per heavy atom. The maximum atomic E-state index is 3.68. The van der Waals surface area contributed by atoms with Crippen molar-refractivity contribution in [3.63, 3.8) is 0 Å². The van der Waals surface area contributed by atoms with Crippen molar-refractivity contribution < 1.29 is 0 Å². The maximum absolute atomic E-state index is 3.68. The summed E-state index contributed by atoms with van der Waals surface area (Å²) in [6.07, 6.45) is 2.35. The lowest BCUT2D eigenvalue weighted by atomic mass is 10.0. The topological polar surface area (TPSA) is 12.0 Å². The molecule has 0 saturated carbocycles. The molecule has 0 heterocycles. The lowest BCUT2D eigenvalue weighted by Crippen LogP contribution is -2.20. The third-order valence-corrected chi connectivity index (χ3v) is 4.42. The average Bonchev–Trinajstić information content (AvgIpc) is 2.48. The molecule has 0 spiro atoms. The van der Waals surface area contributed by atoms with Crippen LogP contribution in [0.2, 0.25) is 0 Å². The fourth-order valence-corrected chi connectivity index (χ4v) is 2.77. The van der Waals surface area contributed by atoms with Crippen molar-refractivity contribution in [2.24, 2.45) is 0 Å². The molecule has 0 bridgehead atoms. The van der Waals surface area contributed by atoms with E-state index in [1.807, 2.05) is 0 Å². The zero-order valence-corrected chi connectivity index (χ0v) is 13.8. The second-order valence-electron chi connectivity index (χ2n) is 5.22. The highest BCUT2D eigenvalue weighted by Gasteiger charge is 2.09. The van der Waals surface area contributed by atoms with E-state index in [-0.39, 0.29) is 0 Å². The Balaban J connectivity index is 2.03. The van der Waals surface area contributed by atoms with Crippen molar-refractivity contribution in [2.45, 2.75) is 39.3 Å². The molecule has 2 rings (SSSR count). The summed E-state index contributed by atoms with van der Waals surface area (Å²) in [6.45, 7) is 5.25. The maximum Gasteiger partial charge on any atom is 0.0323 e. The van der Waals surface area contributed by atoms with Crippen molar-refractivity contribution in [1.82, 2.24) is 5.32 Å². The molecule has 0 saturated heterocycles. The normalized spacial score (nSPS) is 12.3. The number of rotatable bonds is 6. The van der Waals surface area contributed by atoms with Gasteiger partial charge in [0.15, 0.2) is 0 Å². The lowest BCUT2D eigenvalue weighted by Gasteiger charge is -2.19. The first-order chi connectivity index (χ1) is 9.70. The van der Waals surface area contributed by atoms with Crippen LogP contribution in [0.15, 0.2) is 53.0 Å². The van der Waals surface area contributed by atoms with Crippen LogP contribution in [0.4, 0.5) is 0 Å². The largest absolute Gasteiger partial charge is 0.306 e. The number of benzene rings is 2. The van der Waals surface area contributed by atoms with E-state index in [0.29, 0.717) is 6.04 Å². The third-order valence-electron chi connectivity index (χ3n) is 3.57. The van der Waals surface area contributed by atoms with Crippen molar-refractivity contribution in [3.05, 3.63) is 69.7 Å². The molecule has 20 heavy (non-hydrogen) atoms. The highest BCUT2D eigenvalue weighted by atomic mass is 79.9. The Morgan fingerprint density at radius 2 is 1.85 bits per heavy atom. The summed E-state index contributed by atoms with van der Waals surface area (Å²) < 4.78 is 1.18. The molecule has 1 nitrogen and oxygen atoms in total. The minimum Gasteiger partial charge on any atom is -0.306 e. The van der Waals surface area contributed by atoms with Gasteiger partial charge in [-0.1, -0.05) is 71.7 Å². The van der Waals surface area contributed by atoms with E-state index < -0.39 is 0 Å². The second kappa shape index (κ2) is 7.61. The Kier molecular flexibility index (Phi) is 5.81. The van der Waals surface area contributed by atoms with E-state index in [1.54, 1.807) is 0 Å². The monoisotopic (exact) mass is 331 g/mol. The average molecular weight is 332 g/mol. The van der Waals surface area contributed by atoms with Crippen molar-refractivity contribution in [1.29, 1.82) is 0 Å². The lowest BCUT2D eigenvalue weighted by molar-refractivity contribution is 0.493. The van der Waals surface area contributed by atoms with Gasteiger partial charge in [0.05, 0.1) is 0 Å². The number of aryl methyl sites for hydroxylation is 1. The van der Waals surface area contributed by atoms with Crippen LogP contribution in [-0.4, -0.2) is 0 Å². The number of halogens is 1. The summed E-state index contributed by atoms with van der Waals surface area (Å²) in [6, 6.07) is 17.7. The summed E-state index contributed by atoms with van der Waals surface area (Å²) in [5.74, 6) is 0. The number of nitrogens with one attached hydrogen (secondary N) is 1. The molecular weight excluding hydrogens is 310 g/mol. The van der Waals surface area contributed by atoms with E-state index in [0.717, 1.165) is 13.0 Å². The van der Waals surface area contributed by atoms with Gasteiger partial charge in [-0.2, -0.15) is 0 Å². The van der Waals surface area contributed by atoms with E-state index in [4.69, 9.17) is 0 Å². The first-order valence-electron chi connectivity index (χ1n) is 7.24. The van der Waals surface area contributed by atoms with Gasteiger partial charge in [0.2, 0.25) is 0 Å². The Hall–Kier alpha value is -1.12.